The third-order valence-electron chi connectivity index (χ3n) is 3.14. The monoisotopic (exact) mass is 316 g/mol. The molecule has 2 aromatic carbocycles. The number of carbonyl (C=O) groups excluding carboxylic acids is 1. The minimum atomic E-state index is 0.158. The van der Waals surface area contributed by atoms with Crippen molar-refractivity contribution in [2.24, 2.45) is 0 Å². The van der Waals surface area contributed by atoms with Gasteiger partial charge in [0.05, 0.1) is 0 Å². The van der Waals surface area contributed by atoms with Crippen LogP contribution in [0.5, 0.6) is 0 Å². The van der Waals surface area contributed by atoms with Crippen LogP contribution in [0.2, 0.25) is 0 Å². The molecule has 0 radical (unpaired) electrons. The summed E-state index contributed by atoms with van der Waals surface area (Å²) in [6, 6.07) is 12.0. The Hall–Kier alpha value is -1.41. The highest BCUT2D eigenvalue weighted by Gasteiger charge is 2.09. The van der Waals surface area contributed by atoms with E-state index in [0.717, 1.165) is 21.2 Å². The Kier molecular flexibility index (Phi) is 4.20. The van der Waals surface area contributed by atoms with Crippen LogP contribution in [0.15, 0.2) is 40.9 Å². The molecule has 0 N–H and O–H groups in total. The van der Waals surface area contributed by atoms with E-state index < -0.39 is 0 Å². The first-order chi connectivity index (χ1) is 8.95. The quantitative estimate of drug-likeness (QED) is 0.743. The maximum absolute atomic E-state index is 12.3. The average molecular weight is 317 g/mol. The molecule has 0 saturated carbocycles. The normalized spacial score (nSPS) is 10.5. The van der Waals surface area contributed by atoms with E-state index in [1.165, 1.54) is 11.1 Å². The zero-order valence-corrected chi connectivity index (χ0v) is 13.0. The predicted molar refractivity (Wildman–Crippen MR) is 82.8 cm³/mol. The third-order valence-corrected chi connectivity index (χ3v) is 3.99. The van der Waals surface area contributed by atoms with E-state index in [9.17, 15) is 4.79 Å². The van der Waals surface area contributed by atoms with E-state index >= 15 is 0 Å². The fourth-order valence-corrected chi connectivity index (χ4v) is 2.60. The van der Waals surface area contributed by atoms with E-state index in [4.69, 9.17) is 0 Å². The minimum Gasteiger partial charge on any atom is -0.294 e. The van der Waals surface area contributed by atoms with E-state index in [1.807, 2.05) is 25.1 Å². The summed E-state index contributed by atoms with van der Waals surface area (Å²) in [5.74, 6) is 0.158. The number of ketones is 1. The standard InChI is InChI=1S/C17H17BrO/c1-11-6-12(2)8-14(7-11)9-17(19)15-5-4-13(3)16(18)10-15/h4-8,10H,9H2,1-3H3. The van der Waals surface area contributed by atoms with Crippen LogP contribution in [-0.4, -0.2) is 5.78 Å². The summed E-state index contributed by atoms with van der Waals surface area (Å²) >= 11 is 3.47. The second kappa shape index (κ2) is 5.70. The van der Waals surface area contributed by atoms with E-state index in [0.29, 0.717) is 6.42 Å². The van der Waals surface area contributed by atoms with Gasteiger partial charge in [0.1, 0.15) is 0 Å². The molecule has 0 aliphatic carbocycles. The summed E-state index contributed by atoms with van der Waals surface area (Å²) in [6.07, 6.45) is 0.456. The number of rotatable bonds is 3. The minimum absolute atomic E-state index is 0.158. The average Bonchev–Trinajstić information content (AvgIpc) is 2.31. The Labute approximate surface area is 122 Å². The van der Waals surface area contributed by atoms with Crippen molar-refractivity contribution in [1.29, 1.82) is 0 Å². The number of carbonyl (C=O) groups is 1. The molecule has 19 heavy (non-hydrogen) atoms. The van der Waals surface area contributed by atoms with Crippen molar-refractivity contribution >= 4 is 21.7 Å². The van der Waals surface area contributed by atoms with Crippen LogP contribution in [0.25, 0.3) is 0 Å². The zero-order chi connectivity index (χ0) is 14.0. The van der Waals surface area contributed by atoms with Gasteiger partial charge >= 0.3 is 0 Å². The van der Waals surface area contributed by atoms with Gasteiger partial charge in [0.2, 0.25) is 0 Å². The molecule has 2 aromatic rings. The number of hydrogen-bond donors (Lipinski definition) is 0. The van der Waals surface area contributed by atoms with Gasteiger partial charge in [0.25, 0.3) is 0 Å². The molecule has 2 heteroatoms. The molecule has 0 fully saturated rings. The van der Waals surface area contributed by atoms with Crippen LogP contribution < -0.4 is 0 Å². The van der Waals surface area contributed by atoms with Crippen LogP contribution >= 0.6 is 15.9 Å². The lowest BCUT2D eigenvalue weighted by molar-refractivity contribution is 0.0993. The zero-order valence-electron chi connectivity index (χ0n) is 11.5. The lowest BCUT2D eigenvalue weighted by Gasteiger charge is -2.06. The first-order valence-electron chi connectivity index (χ1n) is 6.32. The molecule has 0 amide bonds. The molecular formula is C17H17BrO. The largest absolute Gasteiger partial charge is 0.294 e. The molecule has 0 aliphatic heterocycles. The number of benzene rings is 2. The van der Waals surface area contributed by atoms with Gasteiger partial charge in [0, 0.05) is 16.5 Å². The highest BCUT2D eigenvalue weighted by atomic mass is 79.9. The van der Waals surface area contributed by atoms with Gasteiger partial charge in [0.15, 0.2) is 5.78 Å². The summed E-state index contributed by atoms with van der Waals surface area (Å²) in [4.78, 5) is 12.3. The second-order valence-electron chi connectivity index (χ2n) is 5.06. The number of halogens is 1. The van der Waals surface area contributed by atoms with Crippen LogP contribution in [-0.2, 0) is 6.42 Å². The molecule has 2 rings (SSSR count). The van der Waals surface area contributed by atoms with E-state index in [2.05, 4.69) is 48.0 Å². The summed E-state index contributed by atoms with van der Waals surface area (Å²) in [5.41, 5.74) is 5.39. The van der Waals surface area contributed by atoms with Crippen molar-refractivity contribution in [2.45, 2.75) is 27.2 Å². The van der Waals surface area contributed by atoms with Gasteiger partial charge in [-0.15, -0.1) is 0 Å². The molecule has 0 saturated heterocycles. The molecular weight excluding hydrogens is 300 g/mol. The van der Waals surface area contributed by atoms with Crippen molar-refractivity contribution < 1.29 is 4.79 Å². The topological polar surface area (TPSA) is 17.1 Å². The Balaban J connectivity index is 2.22. The fraction of sp³-hybridized carbons (Fsp3) is 0.235. The molecule has 0 unspecified atom stereocenters. The van der Waals surface area contributed by atoms with Crippen molar-refractivity contribution in [1.82, 2.24) is 0 Å². The summed E-state index contributed by atoms with van der Waals surface area (Å²) < 4.78 is 0.985. The van der Waals surface area contributed by atoms with E-state index in [1.54, 1.807) is 0 Å². The van der Waals surface area contributed by atoms with Gasteiger partial charge < -0.3 is 0 Å². The first-order valence-corrected chi connectivity index (χ1v) is 7.11. The summed E-state index contributed by atoms with van der Waals surface area (Å²) in [6.45, 7) is 6.13. The van der Waals surface area contributed by atoms with Gasteiger partial charge in [-0.05, 0) is 38.0 Å². The maximum Gasteiger partial charge on any atom is 0.167 e. The SMILES string of the molecule is Cc1cc(C)cc(CC(=O)c2ccc(C)c(Br)c2)c1. The Morgan fingerprint density at radius 2 is 1.63 bits per heavy atom. The Morgan fingerprint density at radius 1 is 1.00 bits per heavy atom. The highest BCUT2D eigenvalue weighted by molar-refractivity contribution is 9.10. The molecule has 98 valence electrons. The van der Waals surface area contributed by atoms with Crippen molar-refractivity contribution in [2.75, 3.05) is 0 Å². The van der Waals surface area contributed by atoms with Crippen molar-refractivity contribution in [3.8, 4) is 0 Å². The van der Waals surface area contributed by atoms with Gasteiger partial charge in [-0.25, -0.2) is 0 Å². The summed E-state index contributed by atoms with van der Waals surface area (Å²) in [5, 5.41) is 0. The van der Waals surface area contributed by atoms with Gasteiger partial charge in [-0.1, -0.05) is 57.4 Å². The predicted octanol–water partition coefficient (Wildman–Crippen LogP) is 4.80. The fourth-order valence-electron chi connectivity index (χ4n) is 2.22. The number of Topliss-reactive ketones (excluding diaryl/α,β-unsaturated/α-hetero) is 1. The lowest BCUT2D eigenvalue weighted by Crippen LogP contribution is -2.04. The second-order valence-corrected chi connectivity index (χ2v) is 5.91. The smallest absolute Gasteiger partial charge is 0.167 e. The molecule has 0 heterocycles. The maximum atomic E-state index is 12.3. The van der Waals surface area contributed by atoms with Crippen LogP contribution in [0.4, 0.5) is 0 Å². The summed E-state index contributed by atoms with van der Waals surface area (Å²) in [7, 11) is 0. The highest BCUT2D eigenvalue weighted by Crippen LogP contribution is 2.19. The Bertz CT molecular complexity index is 609. The molecule has 1 nitrogen and oxygen atoms in total. The molecule has 0 spiro atoms. The Morgan fingerprint density at radius 3 is 2.21 bits per heavy atom. The van der Waals surface area contributed by atoms with Crippen LogP contribution in [0.3, 0.4) is 0 Å². The molecule has 0 bridgehead atoms. The van der Waals surface area contributed by atoms with Gasteiger partial charge in [-0.2, -0.15) is 0 Å². The number of hydrogen-bond acceptors (Lipinski definition) is 1. The number of aryl methyl sites for hydroxylation is 3. The third kappa shape index (κ3) is 3.54. The molecule has 0 atom stereocenters. The van der Waals surface area contributed by atoms with Crippen molar-refractivity contribution in [3.63, 3.8) is 0 Å². The molecule has 0 aliphatic rings. The van der Waals surface area contributed by atoms with Crippen LogP contribution in [0, 0.1) is 20.8 Å². The van der Waals surface area contributed by atoms with Gasteiger partial charge in [-0.3, -0.25) is 4.79 Å². The van der Waals surface area contributed by atoms with Crippen LogP contribution in [0.1, 0.15) is 32.6 Å². The van der Waals surface area contributed by atoms with E-state index in [-0.39, 0.29) is 5.78 Å². The molecule has 0 aromatic heterocycles. The van der Waals surface area contributed by atoms with Crippen molar-refractivity contribution in [3.05, 3.63) is 68.7 Å². The first kappa shape index (κ1) is 14.0. The lowest BCUT2D eigenvalue weighted by atomic mass is 9.99.